The standard InChI is InChI=1S/C28H31F4N7O3/c1-3-37(2)18-4-5-39(16-18)24-12-22(29)19(17-13-34-27(35-14-17)38-6-8-42-9-7-38)10-23(24)36-26(41)20-15-33-25(40)11-21(20)28(30,31)32/h10-15,18H,3-9,16H2,1-2H3,(H,33,40)(H,36,41). The largest absolute Gasteiger partial charge is 0.417 e. The summed E-state index contributed by atoms with van der Waals surface area (Å²) in [7, 11) is 1.98. The number of nitrogens with zero attached hydrogens (tertiary/aromatic N) is 5. The Bertz CT molecular complexity index is 1490. The Balaban J connectivity index is 1.52. The fourth-order valence-corrected chi connectivity index (χ4v) is 5.19. The summed E-state index contributed by atoms with van der Waals surface area (Å²) < 4.78 is 62.1. The molecule has 1 unspecified atom stereocenters. The topological polar surface area (TPSA) is 107 Å². The third-order valence-electron chi connectivity index (χ3n) is 7.68. The second-order valence-corrected chi connectivity index (χ2v) is 10.3. The Morgan fingerprint density at radius 3 is 2.52 bits per heavy atom. The minimum atomic E-state index is -4.94. The maximum absolute atomic E-state index is 15.7. The van der Waals surface area contributed by atoms with Gasteiger partial charge < -0.3 is 29.7 Å². The van der Waals surface area contributed by atoms with Crippen molar-refractivity contribution in [1.82, 2.24) is 19.9 Å². The number of benzene rings is 1. The molecule has 4 heterocycles. The van der Waals surface area contributed by atoms with Crippen LogP contribution in [0.1, 0.15) is 29.3 Å². The van der Waals surface area contributed by atoms with Gasteiger partial charge in [0, 0.05) is 68.0 Å². The second-order valence-electron chi connectivity index (χ2n) is 10.3. The highest BCUT2D eigenvalue weighted by atomic mass is 19.4. The van der Waals surface area contributed by atoms with Crippen LogP contribution in [0.4, 0.5) is 34.9 Å². The van der Waals surface area contributed by atoms with E-state index in [9.17, 15) is 22.8 Å². The molecule has 0 aliphatic carbocycles. The van der Waals surface area contributed by atoms with E-state index < -0.39 is 34.6 Å². The quantitative estimate of drug-likeness (QED) is 0.403. The number of carbonyl (C=O) groups is 1. The van der Waals surface area contributed by atoms with Crippen molar-refractivity contribution >= 4 is 23.2 Å². The van der Waals surface area contributed by atoms with Crippen molar-refractivity contribution < 1.29 is 27.1 Å². The van der Waals surface area contributed by atoms with Crippen LogP contribution in [-0.2, 0) is 10.9 Å². The zero-order chi connectivity index (χ0) is 30.0. The lowest BCUT2D eigenvalue weighted by Gasteiger charge is -2.27. The zero-order valence-electron chi connectivity index (χ0n) is 23.2. The van der Waals surface area contributed by atoms with E-state index in [4.69, 9.17) is 4.74 Å². The van der Waals surface area contributed by atoms with E-state index in [1.54, 1.807) is 0 Å². The summed E-state index contributed by atoms with van der Waals surface area (Å²) >= 11 is 0. The molecule has 2 saturated heterocycles. The number of nitrogens with one attached hydrogen (secondary N) is 2. The van der Waals surface area contributed by atoms with Gasteiger partial charge in [-0.25, -0.2) is 14.4 Å². The zero-order valence-corrected chi connectivity index (χ0v) is 23.2. The average molecular weight is 590 g/mol. The number of alkyl halides is 3. The van der Waals surface area contributed by atoms with Gasteiger partial charge in [0.05, 0.1) is 35.7 Å². The Kier molecular flexibility index (Phi) is 8.45. The Morgan fingerprint density at radius 2 is 1.86 bits per heavy atom. The molecule has 0 spiro atoms. The molecule has 3 aromatic rings. The summed E-state index contributed by atoms with van der Waals surface area (Å²) in [6.45, 7) is 6.25. The number of hydrogen-bond donors (Lipinski definition) is 2. The molecule has 2 aromatic heterocycles. The molecule has 0 bridgehead atoms. The predicted octanol–water partition coefficient (Wildman–Crippen LogP) is 3.61. The number of amides is 1. The first-order chi connectivity index (χ1) is 20.0. The number of morpholine rings is 1. The number of hydrogen-bond acceptors (Lipinski definition) is 8. The van der Waals surface area contributed by atoms with Crippen molar-refractivity contribution in [1.29, 1.82) is 0 Å². The normalized spacial score (nSPS) is 17.6. The third kappa shape index (κ3) is 6.23. The molecular formula is C28H31F4N7O3. The van der Waals surface area contributed by atoms with Gasteiger partial charge in [-0.2, -0.15) is 13.2 Å². The van der Waals surface area contributed by atoms with Crippen LogP contribution in [0.5, 0.6) is 0 Å². The van der Waals surface area contributed by atoms with Crippen molar-refractivity contribution in [3.05, 3.63) is 64.1 Å². The summed E-state index contributed by atoms with van der Waals surface area (Å²) in [5.41, 5.74) is -2.27. The lowest BCUT2D eigenvalue weighted by Crippen LogP contribution is -2.37. The number of aromatic nitrogens is 3. The Hall–Kier alpha value is -4.04. The van der Waals surface area contributed by atoms with Gasteiger partial charge in [-0.3, -0.25) is 9.59 Å². The number of aromatic amines is 1. The molecule has 0 radical (unpaired) electrons. The van der Waals surface area contributed by atoms with Gasteiger partial charge in [0.2, 0.25) is 11.5 Å². The molecule has 2 aliphatic rings. The van der Waals surface area contributed by atoms with Crippen LogP contribution in [-0.4, -0.2) is 84.8 Å². The molecule has 5 rings (SSSR count). The van der Waals surface area contributed by atoms with E-state index in [1.807, 2.05) is 23.8 Å². The van der Waals surface area contributed by atoms with Crippen LogP contribution in [0.25, 0.3) is 11.1 Å². The van der Waals surface area contributed by atoms with Crippen LogP contribution >= 0.6 is 0 Å². The Morgan fingerprint density at radius 1 is 1.14 bits per heavy atom. The van der Waals surface area contributed by atoms with Crippen molar-refractivity contribution in [2.45, 2.75) is 25.6 Å². The molecule has 42 heavy (non-hydrogen) atoms. The number of rotatable bonds is 7. The third-order valence-corrected chi connectivity index (χ3v) is 7.68. The van der Waals surface area contributed by atoms with Crippen LogP contribution < -0.4 is 20.7 Å². The molecular weight excluding hydrogens is 558 g/mol. The van der Waals surface area contributed by atoms with Gasteiger partial charge in [-0.1, -0.05) is 6.92 Å². The molecule has 2 aliphatic heterocycles. The van der Waals surface area contributed by atoms with Gasteiger partial charge in [0.1, 0.15) is 5.82 Å². The highest BCUT2D eigenvalue weighted by Crippen LogP contribution is 2.37. The maximum Gasteiger partial charge on any atom is 0.417 e. The van der Waals surface area contributed by atoms with Crippen molar-refractivity contribution in [3.8, 4) is 11.1 Å². The summed E-state index contributed by atoms with van der Waals surface area (Å²) in [5, 5.41) is 2.55. The number of likely N-dealkylation sites (N-methyl/N-ethyl adjacent to an activating group) is 1. The van der Waals surface area contributed by atoms with Gasteiger partial charge in [0.25, 0.3) is 5.91 Å². The monoisotopic (exact) mass is 589 g/mol. The van der Waals surface area contributed by atoms with Gasteiger partial charge in [-0.05, 0) is 32.1 Å². The van der Waals surface area contributed by atoms with E-state index in [-0.39, 0.29) is 17.3 Å². The minimum Gasteiger partial charge on any atom is -0.378 e. The first-order valence-corrected chi connectivity index (χ1v) is 13.6. The van der Waals surface area contributed by atoms with Crippen LogP contribution in [0, 0.1) is 5.82 Å². The SMILES string of the molecule is CCN(C)C1CCN(c2cc(F)c(-c3cnc(N4CCOCC4)nc3)cc2NC(=O)c2c[nH]c(=O)cc2C(F)(F)F)C1. The summed E-state index contributed by atoms with van der Waals surface area (Å²) in [6, 6.07) is 3.17. The number of carbonyl (C=O) groups excluding carboxylic acids is 1. The number of anilines is 3. The highest BCUT2D eigenvalue weighted by Gasteiger charge is 2.36. The molecule has 14 heteroatoms. The van der Waals surface area contributed by atoms with Crippen molar-refractivity contribution in [2.24, 2.45) is 0 Å². The van der Waals surface area contributed by atoms with Crippen LogP contribution in [0.3, 0.4) is 0 Å². The van der Waals surface area contributed by atoms with Gasteiger partial charge in [-0.15, -0.1) is 0 Å². The number of H-pyrrole nitrogens is 1. The summed E-state index contributed by atoms with van der Waals surface area (Å²) in [5.74, 6) is -1.23. The van der Waals surface area contributed by atoms with Crippen molar-refractivity contribution in [3.63, 3.8) is 0 Å². The van der Waals surface area contributed by atoms with E-state index in [1.165, 1.54) is 24.5 Å². The Labute approximate surface area is 239 Å². The molecule has 1 atom stereocenters. The lowest BCUT2D eigenvalue weighted by atomic mass is 10.0. The fraction of sp³-hybridized carbons (Fsp3) is 0.429. The maximum atomic E-state index is 15.7. The first kappa shape index (κ1) is 29.5. The van der Waals surface area contributed by atoms with Crippen LogP contribution in [0.2, 0.25) is 0 Å². The van der Waals surface area contributed by atoms with E-state index in [0.29, 0.717) is 62.7 Å². The molecule has 0 saturated carbocycles. The smallest absolute Gasteiger partial charge is 0.378 e. The molecule has 1 aromatic carbocycles. The fourth-order valence-electron chi connectivity index (χ4n) is 5.19. The minimum absolute atomic E-state index is 0.0708. The first-order valence-electron chi connectivity index (χ1n) is 13.6. The second kappa shape index (κ2) is 12.1. The molecule has 2 N–H and O–H groups in total. The molecule has 224 valence electrons. The van der Waals surface area contributed by atoms with Gasteiger partial charge in [0.15, 0.2) is 0 Å². The predicted molar refractivity (Wildman–Crippen MR) is 149 cm³/mol. The van der Waals surface area contributed by atoms with Crippen LogP contribution in [0.15, 0.2) is 41.6 Å². The lowest BCUT2D eigenvalue weighted by molar-refractivity contribution is -0.138. The van der Waals surface area contributed by atoms with Crippen molar-refractivity contribution in [2.75, 3.05) is 68.1 Å². The van der Waals surface area contributed by atoms with Gasteiger partial charge >= 0.3 is 6.18 Å². The highest BCUT2D eigenvalue weighted by molar-refractivity contribution is 6.07. The number of halogens is 4. The van der Waals surface area contributed by atoms with E-state index in [2.05, 4.69) is 25.2 Å². The molecule has 1 amide bonds. The van der Waals surface area contributed by atoms with E-state index in [0.717, 1.165) is 19.2 Å². The number of pyridine rings is 1. The average Bonchev–Trinajstić information content (AvgIpc) is 3.48. The summed E-state index contributed by atoms with van der Waals surface area (Å²) in [6.07, 6.45) is -0.494. The molecule has 2 fully saturated rings. The van der Waals surface area contributed by atoms with E-state index >= 15 is 4.39 Å². The number of ether oxygens (including phenoxy) is 1. The summed E-state index contributed by atoms with van der Waals surface area (Å²) in [4.78, 5) is 41.7. The molecule has 10 nitrogen and oxygen atoms in total.